The van der Waals surface area contributed by atoms with Crippen LogP contribution in [0.3, 0.4) is 0 Å². The summed E-state index contributed by atoms with van der Waals surface area (Å²) in [6.45, 7) is 0. The molecule has 0 radical (unpaired) electrons. The van der Waals surface area contributed by atoms with E-state index in [1.807, 2.05) is 30.5 Å². The van der Waals surface area contributed by atoms with E-state index < -0.39 is 0 Å². The van der Waals surface area contributed by atoms with Crippen LogP contribution in [0.15, 0.2) is 58.1 Å². The van der Waals surface area contributed by atoms with Gasteiger partial charge in [-0.3, -0.25) is 4.79 Å². The molecular formula is C21H18ClNO2S. The summed E-state index contributed by atoms with van der Waals surface area (Å²) < 4.78 is 5.37. The number of hydrogen-bond acceptors (Lipinski definition) is 4. The molecule has 4 rings (SSSR count). The van der Waals surface area contributed by atoms with Crippen molar-refractivity contribution < 1.29 is 9.32 Å². The number of rotatable bonds is 6. The van der Waals surface area contributed by atoms with E-state index in [4.69, 9.17) is 16.1 Å². The standard InChI is InChI=1S/C21H18ClNO2S/c1-26-21-16(11-13-5-3-2-4-6-13)15(9-10-18(21)22)19(24)17-12-23-25-20(17)14-7-8-14/h2-6,9-10,12,14H,7-8,11H2,1H3. The second-order valence-corrected chi connectivity index (χ2v) is 7.70. The average molecular weight is 384 g/mol. The number of carbonyl (C=O) groups excluding carboxylic acids is 1. The lowest BCUT2D eigenvalue weighted by Gasteiger charge is -2.15. The molecule has 2 aromatic carbocycles. The van der Waals surface area contributed by atoms with Crippen LogP contribution in [-0.4, -0.2) is 17.2 Å². The van der Waals surface area contributed by atoms with Crippen LogP contribution in [0.5, 0.6) is 0 Å². The van der Waals surface area contributed by atoms with Crippen molar-refractivity contribution in [1.29, 1.82) is 0 Å². The number of carbonyl (C=O) groups is 1. The molecule has 0 aliphatic heterocycles. The Hall–Kier alpha value is -2.04. The molecule has 0 saturated heterocycles. The van der Waals surface area contributed by atoms with E-state index in [1.54, 1.807) is 24.0 Å². The zero-order chi connectivity index (χ0) is 18.1. The second kappa shape index (κ2) is 7.29. The largest absolute Gasteiger partial charge is 0.360 e. The molecule has 3 aromatic rings. The summed E-state index contributed by atoms with van der Waals surface area (Å²) in [5.41, 5.74) is 3.36. The highest BCUT2D eigenvalue weighted by molar-refractivity contribution is 7.98. The molecule has 0 amide bonds. The second-order valence-electron chi connectivity index (χ2n) is 6.48. The topological polar surface area (TPSA) is 43.1 Å². The van der Waals surface area contributed by atoms with Gasteiger partial charge < -0.3 is 4.52 Å². The molecule has 1 aromatic heterocycles. The molecule has 0 N–H and O–H groups in total. The predicted octanol–water partition coefficient (Wildman–Crippen LogP) is 5.75. The summed E-state index contributed by atoms with van der Waals surface area (Å²) in [5, 5.41) is 4.55. The first-order chi connectivity index (χ1) is 12.7. The molecule has 1 heterocycles. The van der Waals surface area contributed by atoms with Crippen LogP contribution >= 0.6 is 23.4 Å². The molecule has 1 saturated carbocycles. The van der Waals surface area contributed by atoms with E-state index in [2.05, 4.69) is 17.3 Å². The van der Waals surface area contributed by atoms with E-state index in [0.29, 0.717) is 28.5 Å². The lowest BCUT2D eigenvalue weighted by Crippen LogP contribution is -2.09. The molecule has 0 bridgehead atoms. The molecule has 26 heavy (non-hydrogen) atoms. The Kier molecular flexibility index (Phi) is 4.88. The third kappa shape index (κ3) is 3.31. The third-order valence-electron chi connectivity index (χ3n) is 4.68. The van der Waals surface area contributed by atoms with Gasteiger partial charge in [0.25, 0.3) is 0 Å². The first-order valence-corrected chi connectivity index (χ1v) is 10.2. The fourth-order valence-electron chi connectivity index (χ4n) is 3.21. The molecule has 1 aliphatic rings. The van der Waals surface area contributed by atoms with Gasteiger partial charge in [0.1, 0.15) is 0 Å². The van der Waals surface area contributed by atoms with E-state index in [0.717, 1.165) is 34.6 Å². The maximum Gasteiger partial charge on any atom is 0.198 e. The van der Waals surface area contributed by atoms with Gasteiger partial charge in [0.05, 0.1) is 16.8 Å². The van der Waals surface area contributed by atoms with E-state index in [9.17, 15) is 4.79 Å². The van der Waals surface area contributed by atoms with Gasteiger partial charge >= 0.3 is 0 Å². The Morgan fingerprint density at radius 1 is 1.19 bits per heavy atom. The summed E-state index contributed by atoms with van der Waals surface area (Å²) in [6, 6.07) is 13.8. The van der Waals surface area contributed by atoms with Crippen molar-refractivity contribution in [2.75, 3.05) is 6.26 Å². The Morgan fingerprint density at radius 2 is 1.96 bits per heavy atom. The summed E-state index contributed by atoms with van der Waals surface area (Å²) in [7, 11) is 0. The van der Waals surface area contributed by atoms with Gasteiger partial charge in [-0.15, -0.1) is 11.8 Å². The van der Waals surface area contributed by atoms with Crippen LogP contribution in [0.2, 0.25) is 5.02 Å². The minimum absolute atomic E-state index is 0.0361. The number of benzene rings is 2. The average Bonchev–Trinajstić information content (AvgIpc) is 3.39. The molecule has 3 nitrogen and oxygen atoms in total. The molecule has 132 valence electrons. The Morgan fingerprint density at radius 3 is 2.65 bits per heavy atom. The smallest absolute Gasteiger partial charge is 0.198 e. The van der Waals surface area contributed by atoms with Gasteiger partial charge in [0.15, 0.2) is 11.5 Å². The van der Waals surface area contributed by atoms with Crippen molar-refractivity contribution in [3.63, 3.8) is 0 Å². The summed E-state index contributed by atoms with van der Waals surface area (Å²) in [6.07, 6.45) is 6.31. The van der Waals surface area contributed by atoms with Gasteiger partial charge in [-0.25, -0.2) is 0 Å². The van der Waals surface area contributed by atoms with E-state index in [-0.39, 0.29) is 5.78 Å². The monoisotopic (exact) mass is 383 g/mol. The number of ketones is 1. The molecule has 5 heteroatoms. The van der Waals surface area contributed by atoms with Crippen LogP contribution in [-0.2, 0) is 6.42 Å². The molecule has 0 spiro atoms. The Balaban J connectivity index is 1.80. The van der Waals surface area contributed by atoms with Crippen LogP contribution in [0, 0.1) is 0 Å². The first-order valence-electron chi connectivity index (χ1n) is 8.57. The van der Waals surface area contributed by atoms with Gasteiger partial charge in [-0.05, 0) is 48.8 Å². The predicted molar refractivity (Wildman–Crippen MR) is 104 cm³/mol. The van der Waals surface area contributed by atoms with Gasteiger partial charge in [0, 0.05) is 16.4 Å². The van der Waals surface area contributed by atoms with Crippen molar-refractivity contribution in [2.24, 2.45) is 0 Å². The van der Waals surface area contributed by atoms with Crippen LogP contribution < -0.4 is 0 Å². The molecular weight excluding hydrogens is 366 g/mol. The Bertz CT molecular complexity index is 948. The normalized spacial score (nSPS) is 13.8. The van der Waals surface area contributed by atoms with Crippen molar-refractivity contribution in [1.82, 2.24) is 5.16 Å². The summed E-state index contributed by atoms with van der Waals surface area (Å²) in [5.74, 6) is 1.02. The van der Waals surface area contributed by atoms with E-state index in [1.165, 1.54) is 0 Å². The van der Waals surface area contributed by atoms with Crippen LogP contribution in [0.1, 0.15) is 51.6 Å². The highest BCUT2D eigenvalue weighted by atomic mass is 35.5. The summed E-state index contributed by atoms with van der Waals surface area (Å²) >= 11 is 8.00. The maximum absolute atomic E-state index is 13.3. The van der Waals surface area contributed by atoms with Crippen molar-refractivity contribution >= 4 is 29.1 Å². The lowest BCUT2D eigenvalue weighted by atomic mass is 9.94. The van der Waals surface area contributed by atoms with Gasteiger partial charge in [-0.1, -0.05) is 47.1 Å². The lowest BCUT2D eigenvalue weighted by molar-refractivity contribution is 0.103. The highest BCUT2D eigenvalue weighted by Crippen LogP contribution is 2.42. The molecule has 1 aliphatic carbocycles. The van der Waals surface area contributed by atoms with E-state index >= 15 is 0 Å². The quantitative estimate of drug-likeness (QED) is 0.401. The minimum Gasteiger partial charge on any atom is -0.360 e. The fourth-order valence-corrected chi connectivity index (χ4v) is 4.31. The molecule has 1 fully saturated rings. The first kappa shape index (κ1) is 17.4. The van der Waals surface area contributed by atoms with Crippen molar-refractivity contribution in [3.05, 3.63) is 81.7 Å². The molecule has 0 unspecified atom stereocenters. The number of thioether (sulfide) groups is 1. The zero-order valence-corrected chi connectivity index (χ0v) is 15.9. The third-order valence-corrected chi connectivity index (χ3v) is 5.98. The van der Waals surface area contributed by atoms with Crippen LogP contribution in [0.25, 0.3) is 0 Å². The van der Waals surface area contributed by atoms with Gasteiger partial charge in [-0.2, -0.15) is 0 Å². The minimum atomic E-state index is -0.0361. The highest BCUT2D eigenvalue weighted by Gasteiger charge is 2.33. The number of halogens is 1. The fraction of sp³-hybridized carbons (Fsp3) is 0.238. The van der Waals surface area contributed by atoms with Crippen molar-refractivity contribution in [2.45, 2.75) is 30.1 Å². The van der Waals surface area contributed by atoms with Gasteiger partial charge in [0.2, 0.25) is 0 Å². The van der Waals surface area contributed by atoms with Crippen molar-refractivity contribution in [3.8, 4) is 0 Å². The Labute approximate surface area is 161 Å². The zero-order valence-electron chi connectivity index (χ0n) is 14.4. The summed E-state index contributed by atoms with van der Waals surface area (Å²) in [4.78, 5) is 14.2. The SMILES string of the molecule is CSc1c(Cl)ccc(C(=O)c2cnoc2C2CC2)c1Cc1ccccc1. The number of hydrogen-bond donors (Lipinski definition) is 0. The number of nitrogens with zero attached hydrogens (tertiary/aromatic N) is 1. The maximum atomic E-state index is 13.3. The number of aromatic nitrogens is 1. The van der Waals surface area contributed by atoms with Crippen LogP contribution in [0.4, 0.5) is 0 Å². The molecule has 0 atom stereocenters.